The second-order valence-corrected chi connectivity index (χ2v) is 16.9. The number of rotatable bonds is 19. The van der Waals surface area contributed by atoms with Gasteiger partial charge in [0, 0.05) is 55.8 Å². The fourth-order valence-corrected chi connectivity index (χ4v) is 8.93. The second kappa shape index (κ2) is 19.3. The summed E-state index contributed by atoms with van der Waals surface area (Å²) in [6.07, 6.45) is 9.19. The van der Waals surface area contributed by atoms with E-state index in [9.17, 15) is 19.2 Å². The molecule has 5 aromatic rings. The van der Waals surface area contributed by atoms with E-state index in [4.69, 9.17) is 4.74 Å². The van der Waals surface area contributed by atoms with Gasteiger partial charge >= 0.3 is 5.97 Å². The summed E-state index contributed by atoms with van der Waals surface area (Å²) in [6.45, 7) is 11.0. The molecular weight excluding hydrogens is 753 g/mol. The Bertz CT molecular complexity index is 2170. The van der Waals surface area contributed by atoms with Gasteiger partial charge in [0.2, 0.25) is 5.91 Å². The lowest BCUT2D eigenvalue weighted by atomic mass is 9.76. The first-order valence-corrected chi connectivity index (χ1v) is 20.9. The third-order valence-electron chi connectivity index (χ3n) is 10.9. The van der Waals surface area contributed by atoms with Gasteiger partial charge in [0.15, 0.2) is 5.78 Å². The standard InChI is InChI=1S/C44H54N8O5S/c1-6-34(7-2)51(21-20-50(5)38(53)16-17-39(54)57-28-30-12-9-8-10-13-30)25-31-14-11-15-32(22-31)42(56)48-43-40(35-18-19-44(3,4)23-36(35)58-43)41(55)33-24-47-52(26-33)27-37-45-29-46-49-37/h8-15,22,24,26,29,34H,6-7,16-21,23,25,27-28H2,1-5H3,(H,48,56)(H,45,46,49). The quantitative estimate of drug-likeness (QED) is 0.0658. The number of H-pyrrole nitrogens is 1. The molecule has 3 aromatic heterocycles. The molecule has 0 unspecified atom stereocenters. The molecule has 0 fully saturated rings. The third kappa shape index (κ3) is 10.9. The van der Waals surface area contributed by atoms with Crippen LogP contribution >= 0.6 is 11.3 Å². The van der Waals surface area contributed by atoms with Gasteiger partial charge in [-0.15, -0.1) is 11.3 Å². The number of carbonyl (C=O) groups excluding carboxylic acids is 4. The van der Waals surface area contributed by atoms with Crippen molar-refractivity contribution in [2.45, 2.75) is 98.4 Å². The monoisotopic (exact) mass is 806 g/mol. The number of aromatic nitrogens is 5. The number of aromatic amines is 1. The SMILES string of the molecule is CCC(CC)N(CCN(C)C(=O)CCC(=O)OCc1ccccc1)Cc1cccc(C(=O)Nc2sc3c(c2C(=O)c2cnn(Cc4ncn[nH]4)c2)CCC(C)(C)C3)c1. The van der Waals surface area contributed by atoms with Crippen molar-refractivity contribution in [2.75, 3.05) is 25.5 Å². The Hall–Kier alpha value is -5.47. The fraction of sp³-hybridized carbons (Fsp3) is 0.432. The van der Waals surface area contributed by atoms with Crippen LogP contribution in [0.25, 0.3) is 0 Å². The van der Waals surface area contributed by atoms with E-state index in [2.05, 4.69) is 58.2 Å². The van der Waals surface area contributed by atoms with Crippen LogP contribution in [0.15, 0.2) is 73.3 Å². The summed E-state index contributed by atoms with van der Waals surface area (Å²) in [4.78, 5) is 62.8. The number of amides is 2. The van der Waals surface area contributed by atoms with E-state index < -0.39 is 5.97 Å². The van der Waals surface area contributed by atoms with Gasteiger partial charge in [-0.25, -0.2) is 4.98 Å². The minimum Gasteiger partial charge on any atom is -0.461 e. The molecule has 3 heterocycles. The summed E-state index contributed by atoms with van der Waals surface area (Å²) >= 11 is 1.49. The number of benzene rings is 2. The first-order valence-electron chi connectivity index (χ1n) is 20.1. The number of nitrogens with one attached hydrogen (secondary N) is 2. The van der Waals surface area contributed by atoms with Gasteiger partial charge < -0.3 is 15.0 Å². The molecule has 1 aliphatic rings. The lowest BCUT2D eigenvalue weighted by molar-refractivity contribution is -0.147. The van der Waals surface area contributed by atoms with Crippen LogP contribution in [-0.4, -0.2) is 84.5 Å². The van der Waals surface area contributed by atoms with Crippen LogP contribution in [0.1, 0.15) is 113 Å². The van der Waals surface area contributed by atoms with Crippen molar-refractivity contribution in [2.24, 2.45) is 5.41 Å². The van der Waals surface area contributed by atoms with Gasteiger partial charge in [-0.1, -0.05) is 70.2 Å². The molecule has 0 saturated heterocycles. The molecule has 0 radical (unpaired) electrons. The average Bonchev–Trinajstić information content (AvgIpc) is 3.99. The Labute approximate surface area is 344 Å². The highest BCUT2D eigenvalue weighted by Gasteiger charge is 2.34. The number of nitrogens with zero attached hydrogens (tertiary/aromatic N) is 6. The first kappa shape index (κ1) is 42.1. The molecule has 2 aromatic carbocycles. The fourth-order valence-electron chi connectivity index (χ4n) is 7.44. The Balaban J connectivity index is 1.11. The first-order chi connectivity index (χ1) is 27.9. The smallest absolute Gasteiger partial charge is 0.306 e. The maximum absolute atomic E-state index is 14.2. The molecule has 1 aliphatic carbocycles. The highest BCUT2D eigenvalue weighted by atomic mass is 32.1. The zero-order chi connectivity index (χ0) is 41.2. The number of hydrogen-bond acceptors (Lipinski definition) is 10. The molecule has 306 valence electrons. The Kier molecular flexibility index (Phi) is 14.0. The third-order valence-corrected chi connectivity index (χ3v) is 12.0. The maximum Gasteiger partial charge on any atom is 0.306 e. The summed E-state index contributed by atoms with van der Waals surface area (Å²) in [5.74, 6) is -0.333. The van der Waals surface area contributed by atoms with Gasteiger partial charge in [-0.05, 0) is 66.3 Å². The lowest BCUT2D eigenvalue weighted by Gasteiger charge is -2.32. The lowest BCUT2D eigenvalue weighted by Crippen LogP contribution is -2.41. The van der Waals surface area contributed by atoms with E-state index in [1.165, 1.54) is 17.7 Å². The highest BCUT2D eigenvalue weighted by molar-refractivity contribution is 7.17. The largest absolute Gasteiger partial charge is 0.461 e. The van der Waals surface area contributed by atoms with E-state index in [-0.39, 0.29) is 48.5 Å². The topological polar surface area (TPSA) is 155 Å². The van der Waals surface area contributed by atoms with Crippen LogP contribution in [-0.2, 0) is 46.9 Å². The van der Waals surface area contributed by atoms with Crippen LogP contribution in [0.2, 0.25) is 0 Å². The van der Waals surface area contributed by atoms with Gasteiger partial charge in [0.1, 0.15) is 30.3 Å². The molecule has 0 bridgehead atoms. The van der Waals surface area contributed by atoms with Crippen molar-refractivity contribution in [3.8, 4) is 0 Å². The van der Waals surface area contributed by atoms with Crippen molar-refractivity contribution in [3.63, 3.8) is 0 Å². The maximum atomic E-state index is 14.2. The van der Waals surface area contributed by atoms with Crippen molar-refractivity contribution < 1.29 is 23.9 Å². The number of fused-ring (bicyclic) bond motifs is 1. The molecule has 13 nitrogen and oxygen atoms in total. The number of ether oxygens (including phenoxy) is 1. The molecule has 0 spiro atoms. The van der Waals surface area contributed by atoms with Crippen LogP contribution in [0.3, 0.4) is 0 Å². The summed E-state index contributed by atoms with van der Waals surface area (Å²) < 4.78 is 7.00. The Morgan fingerprint density at radius 1 is 1.00 bits per heavy atom. The predicted octanol–water partition coefficient (Wildman–Crippen LogP) is 7.08. The number of anilines is 1. The van der Waals surface area contributed by atoms with Gasteiger partial charge in [-0.3, -0.25) is 33.9 Å². The minimum atomic E-state index is -0.397. The van der Waals surface area contributed by atoms with Crippen LogP contribution in [0.5, 0.6) is 0 Å². The Morgan fingerprint density at radius 3 is 2.52 bits per heavy atom. The normalized spacial score (nSPS) is 13.4. The molecular formula is C44H54N8O5S. The number of carbonyl (C=O) groups is 4. The van der Waals surface area contributed by atoms with Gasteiger partial charge in [-0.2, -0.15) is 10.2 Å². The molecule has 2 N–H and O–H groups in total. The van der Waals surface area contributed by atoms with E-state index in [1.54, 1.807) is 35.1 Å². The Morgan fingerprint density at radius 2 is 1.78 bits per heavy atom. The number of hydrogen-bond donors (Lipinski definition) is 2. The molecule has 0 atom stereocenters. The summed E-state index contributed by atoms with van der Waals surface area (Å²) in [5.41, 5.74) is 4.46. The number of thiophene rings is 1. The molecule has 6 rings (SSSR count). The number of likely N-dealkylation sites (N-methyl/N-ethyl adjacent to an activating group) is 1. The summed E-state index contributed by atoms with van der Waals surface area (Å²) in [6, 6.07) is 17.3. The van der Waals surface area contributed by atoms with Gasteiger partial charge in [0.25, 0.3) is 5.91 Å². The number of ketones is 1. The van der Waals surface area contributed by atoms with E-state index >= 15 is 0 Å². The average molecular weight is 807 g/mol. The minimum absolute atomic E-state index is 0.0260. The molecule has 58 heavy (non-hydrogen) atoms. The molecule has 0 aliphatic heterocycles. The van der Waals surface area contributed by atoms with Crippen molar-refractivity contribution >= 4 is 39.9 Å². The van der Waals surface area contributed by atoms with Crippen molar-refractivity contribution in [3.05, 3.63) is 117 Å². The van der Waals surface area contributed by atoms with Crippen molar-refractivity contribution in [1.29, 1.82) is 0 Å². The van der Waals surface area contributed by atoms with E-state index in [0.29, 0.717) is 53.7 Å². The van der Waals surface area contributed by atoms with Gasteiger partial charge in [0.05, 0.1) is 23.7 Å². The van der Waals surface area contributed by atoms with Crippen LogP contribution < -0.4 is 5.32 Å². The number of esters is 1. The summed E-state index contributed by atoms with van der Waals surface area (Å²) in [5, 5.41) is 14.8. The van der Waals surface area contributed by atoms with E-state index in [1.807, 2.05) is 48.5 Å². The zero-order valence-electron chi connectivity index (χ0n) is 34.1. The predicted molar refractivity (Wildman–Crippen MR) is 224 cm³/mol. The van der Waals surface area contributed by atoms with Crippen LogP contribution in [0.4, 0.5) is 5.00 Å². The highest BCUT2D eigenvalue weighted by Crippen LogP contribution is 2.44. The molecule has 14 heteroatoms. The van der Waals surface area contributed by atoms with Crippen LogP contribution in [0, 0.1) is 5.41 Å². The van der Waals surface area contributed by atoms with E-state index in [0.717, 1.165) is 53.7 Å². The molecule has 2 amide bonds. The van der Waals surface area contributed by atoms with Crippen molar-refractivity contribution in [1.82, 2.24) is 34.8 Å². The zero-order valence-corrected chi connectivity index (χ0v) is 34.9. The molecule has 0 saturated carbocycles. The summed E-state index contributed by atoms with van der Waals surface area (Å²) in [7, 11) is 1.76. The second-order valence-electron chi connectivity index (χ2n) is 15.8.